The van der Waals surface area contributed by atoms with Crippen LogP contribution in [0.15, 0.2) is 24.3 Å². The molecular formula is C17H19F2N3. The SMILES string of the molecule is CCNCC1CCCc2cc(-c3c(F)cccc3F)nnc21. The van der Waals surface area contributed by atoms with Crippen LogP contribution in [0.25, 0.3) is 11.3 Å². The topological polar surface area (TPSA) is 37.8 Å². The molecule has 1 atom stereocenters. The van der Waals surface area contributed by atoms with Crippen LogP contribution in [-0.2, 0) is 6.42 Å². The maximum Gasteiger partial charge on any atom is 0.135 e. The maximum atomic E-state index is 13.9. The van der Waals surface area contributed by atoms with E-state index in [9.17, 15) is 8.78 Å². The molecular weight excluding hydrogens is 284 g/mol. The van der Waals surface area contributed by atoms with Gasteiger partial charge in [-0.3, -0.25) is 0 Å². The van der Waals surface area contributed by atoms with Gasteiger partial charge in [0.2, 0.25) is 0 Å². The summed E-state index contributed by atoms with van der Waals surface area (Å²) in [5.41, 5.74) is 2.21. The normalized spacial score (nSPS) is 17.3. The Morgan fingerprint density at radius 3 is 2.73 bits per heavy atom. The molecule has 3 rings (SSSR count). The molecule has 2 aromatic rings. The van der Waals surface area contributed by atoms with Gasteiger partial charge < -0.3 is 5.32 Å². The molecule has 1 aliphatic rings. The second-order valence-electron chi connectivity index (χ2n) is 5.63. The number of benzene rings is 1. The number of rotatable bonds is 4. The van der Waals surface area contributed by atoms with E-state index in [1.165, 1.54) is 18.2 Å². The second-order valence-corrected chi connectivity index (χ2v) is 5.63. The third-order valence-corrected chi connectivity index (χ3v) is 4.15. The van der Waals surface area contributed by atoms with Crippen molar-refractivity contribution < 1.29 is 8.78 Å². The highest BCUT2D eigenvalue weighted by molar-refractivity contribution is 5.61. The number of likely N-dealkylation sites (N-methyl/N-ethyl adjacent to an activating group) is 1. The summed E-state index contributed by atoms with van der Waals surface area (Å²) in [7, 11) is 0. The van der Waals surface area contributed by atoms with Gasteiger partial charge in [-0.05, 0) is 49.6 Å². The van der Waals surface area contributed by atoms with Gasteiger partial charge in [-0.15, -0.1) is 0 Å². The Morgan fingerprint density at radius 1 is 1.23 bits per heavy atom. The van der Waals surface area contributed by atoms with E-state index in [1.54, 1.807) is 6.07 Å². The fourth-order valence-electron chi connectivity index (χ4n) is 3.04. The lowest BCUT2D eigenvalue weighted by Gasteiger charge is -2.24. The van der Waals surface area contributed by atoms with Gasteiger partial charge in [0.1, 0.15) is 11.6 Å². The quantitative estimate of drug-likeness (QED) is 0.940. The van der Waals surface area contributed by atoms with Gasteiger partial charge in [-0.25, -0.2) is 8.78 Å². The third-order valence-electron chi connectivity index (χ3n) is 4.15. The molecule has 1 N–H and O–H groups in total. The molecule has 22 heavy (non-hydrogen) atoms. The van der Waals surface area contributed by atoms with Crippen LogP contribution in [0.2, 0.25) is 0 Å². The fraction of sp³-hybridized carbons (Fsp3) is 0.412. The summed E-state index contributed by atoms with van der Waals surface area (Å²) in [6.45, 7) is 3.85. The monoisotopic (exact) mass is 303 g/mol. The lowest BCUT2D eigenvalue weighted by Crippen LogP contribution is -2.25. The largest absolute Gasteiger partial charge is 0.316 e. The Balaban J connectivity index is 1.97. The van der Waals surface area contributed by atoms with Crippen LogP contribution in [0.3, 0.4) is 0 Å². The van der Waals surface area contributed by atoms with Crippen molar-refractivity contribution >= 4 is 0 Å². The molecule has 0 radical (unpaired) electrons. The first-order valence-electron chi connectivity index (χ1n) is 7.72. The van der Waals surface area contributed by atoms with E-state index >= 15 is 0 Å². The number of aryl methyl sites for hydroxylation is 1. The minimum Gasteiger partial charge on any atom is -0.316 e. The van der Waals surface area contributed by atoms with Crippen molar-refractivity contribution in [3.63, 3.8) is 0 Å². The zero-order valence-corrected chi connectivity index (χ0v) is 12.6. The number of hydrogen-bond donors (Lipinski definition) is 1. The molecule has 1 aliphatic carbocycles. The molecule has 1 aromatic carbocycles. The van der Waals surface area contributed by atoms with E-state index < -0.39 is 11.6 Å². The van der Waals surface area contributed by atoms with E-state index in [-0.39, 0.29) is 11.3 Å². The molecule has 0 fully saturated rings. The van der Waals surface area contributed by atoms with Crippen molar-refractivity contribution in [1.82, 2.24) is 15.5 Å². The Labute approximate surface area is 128 Å². The highest BCUT2D eigenvalue weighted by Gasteiger charge is 2.23. The molecule has 5 heteroatoms. The van der Waals surface area contributed by atoms with Gasteiger partial charge in [-0.1, -0.05) is 13.0 Å². The van der Waals surface area contributed by atoms with Crippen molar-refractivity contribution in [1.29, 1.82) is 0 Å². The lowest BCUT2D eigenvalue weighted by molar-refractivity contribution is 0.497. The van der Waals surface area contributed by atoms with Crippen LogP contribution in [0, 0.1) is 11.6 Å². The minimum absolute atomic E-state index is 0.0911. The molecule has 0 amide bonds. The first kappa shape index (κ1) is 15.0. The zero-order chi connectivity index (χ0) is 15.5. The van der Waals surface area contributed by atoms with Crippen LogP contribution in [0.1, 0.15) is 36.9 Å². The summed E-state index contributed by atoms with van der Waals surface area (Å²) >= 11 is 0. The van der Waals surface area contributed by atoms with Crippen LogP contribution in [-0.4, -0.2) is 23.3 Å². The van der Waals surface area contributed by atoms with E-state index in [0.29, 0.717) is 5.92 Å². The average molecular weight is 303 g/mol. The second kappa shape index (κ2) is 6.48. The Morgan fingerprint density at radius 2 is 2.00 bits per heavy atom. The van der Waals surface area contributed by atoms with Crippen LogP contribution >= 0.6 is 0 Å². The molecule has 1 heterocycles. The van der Waals surface area contributed by atoms with Crippen LogP contribution in [0.5, 0.6) is 0 Å². The number of nitrogens with zero attached hydrogens (tertiary/aromatic N) is 2. The standard InChI is InChI=1S/C17H19F2N3/c1-2-20-10-12-6-3-5-11-9-15(21-22-17(11)12)16-13(18)7-4-8-14(16)19/h4,7-9,12,20H,2-3,5-6,10H2,1H3. The molecule has 0 bridgehead atoms. The third kappa shape index (κ3) is 2.86. The van der Waals surface area contributed by atoms with Gasteiger partial charge in [0.15, 0.2) is 0 Å². The summed E-state index contributed by atoms with van der Waals surface area (Å²) < 4.78 is 27.8. The van der Waals surface area contributed by atoms with Crippen molar-refractivity contribution in [3.8, 4) is 11.3 Å². The lowest BCUT2D eigenvalue weighted by atomic mass is 9.86. The molecule has 0 aliphatic heterocycles. The molecule has 3 nitrogen and oxygen atoms in total. The molecule has 0 saturated carbocycles. The van der Waals surface area contributed by atoms with E-state index in [4.69, 9.17) is 0 Å². The highest BCUT2D eigenvalue weighted by Crippen LogP contribution is 2.32. The number of nitrogens with one attached hydrogen (secondary N) is 1. The summed E-state index contributed by atoms with van der Waals surface area (Å²) in [4.78, 5) is 0. The zero-order valence-electron chi connectivity index (χ0n) is 12.6. The number of fused-ring (bicyclic) bond motifs is 1. The van der Waals surface area contributed by atoms with Crippen molar-refractivity contribution in [2.24, 2.45) is 0 Å². The Hall–Kier alpha value is -1.88. The minimum atomic E-state index is -0.603. The smallest absolute Gasteiger partial charge is 0.135 e. The first-order valence-corrected chi connectivity index (χ1v) is 7.72. The predicted molar refractivity (Wildman–Crippen MR) is 81.6 cm³/mol. The highest BCUT2D eigenvalue weighted by atomic mass is 19.1. The van der Waals surface area contributed by atoms with Crippen LogP contribution in [0.4, 0.5) is 8.78 Å². The Bertz CT molecular complexity index is 653. The molecule has 116 valence electrons. The summed E-state index contributed by atoms with van der Waals surface area (Å²) in [6.07, 6.45) is 3.02. The number of aromatic nitrogens is 2. The summed E-state index contributed by atoms with van der Waals surface area (Å²) in [5.74, 6) is -0.876. The van der Waals surface area contributed by atoms with Crippen molar-refractivity contribution in [2.75, 3.05) is 13.1 Å². The van der Waals surface area contributed by atoms with Crippen LogP contribution < -0.4 is 5.32 Å². The summed E-state index contributed by atoms with van der Waals surface area (Å²) in [6, 6.07) is 5.63. The maximum absolute atomic E-state index is 13.9. The van der Waals surface area contributed by atoms with Gasteiger partial charge in [0.25, 0.3) is 0 Å². The number of hydrogen-bond acceptors (Lipinski definition) is 3. The molecule has 1 unspecified atom stereocenters. The van der Waals surface area contributed by atoms with E-state index in [0.717, 1.165) is 43.6 Å². The van der Waals surface area contributed by atoms with Gasteiger partial charge in [0, 0.05) is 12.5 Å². The van der Waals surface area contributed by atoms with Gasteiger partial charge >= 0.3 is 0 Å². The van der Waals surface area contributed by atoms with Crippen molar-refractivity contribution in [2.45, 2.75) is 32.1 Å². The van der Waals surface area contributed by atoms with E-state index in [2.05, 4.69) is 22.4 Å². The molecule has 0 spiro atoms. The predicted octanol–water partition coefficient (Wildman–Crippen LogP) is 3.45. The first-order chi connectivity index (χ1) is 10.7. The molecule has 1 aromatic heterocycles. The van der Waals surface area contributed by atoms with Crippen molar-refractivity contribution in [3.05, 3.63) is 47.2 Å². The van der Waals surface area contributed by atoms with E-state index in [1.807, 2.05) is 0 Å². The average Bonchev–Trinajstić information content (AvgIpc) is 2.52. The number of halogens is 2. The van der Waals surface area contributed by atoms with Gasteiger partial charge in [0.05, 0.1) is 17.0 Å². The summed E-state index contributed by atoms with van der Waals surface area (Å²) in [5, 5.41) is 11.7. The Kier molecular flexibility index (Phi) is 4.43. The fourth-order valence-corrected chi connectivity index (χ4v) is 3.04. The molecule has 0 saturated heterocycles. The van der Waals surface area contributed by atoms with Gasteiger partial charge in [-0.2, -0.15) is 10.2 Å².